The Morgan fingerprint density at radius 2 is 2.09 bits per heavy atom. The van der Waals surface area contributed by atoms with Gasteiger partial charge >= 0.3 is 0 Å². The lowest BCUT2D eigenvalue weighted by Gasteiger charge is -2.11. The third-order valence-electron chi connectivity index (χ3n) is 3.68. The molecule has 0 atom stereocenters. The number of aromatic nitrogens is 3. The van der Waals surface area contributed by atoms with Gasteiger partial charge in [-0.05, 0) is 31.5 Å². The molecule has 0 aliphatic rings. The van der Waals surface area contributed by atoms with Gasteiger partial charge in [-0.3, -0.25) is 9.36 Å². The van der Waals surface area contributed by atoms with Crippen LogP contribution in [0.15, 0.2) is 55.2 Å². The van der Waals surface area contributed by atoms with E-state index in [1.807, 2.05) is 54.9 Å². The monoisotopic (exact) mass is 306 g/mol. The van der Waals surface area contributed by atoms with Gasteiger partial charge in [0.2, 0.25) is 0 Å². The van der Waals surface area contributed by atoms with Crippen molar-refractivity contribution in [3.63, 3.8) is 0 Å². The summed E-state index contributed by atoms with van der Waals surface area (Å²) in [7, 11) is 0. The zero-order chi connectivity index (χ0) is 16.2. The number of hydrogen-bond acceptors (Lipinski definition) is 3. The molecular formula is C18H18N4O. The van der Waals surface area contributed by atoms with Gasteiger partial charge in [-0.25, -0.2) is 9.97 Å². The van der Waals surface area contributed by atoms with Crippen LogP contribution in [0.25, 0.3) is 5.82 Å². The molecule has 1 aromatic carbocycles. The fourth-order valence-corrected chi connectivity index (χ4v) is 2.52. The predicted octanol–water partition coefficient (Wildman–Crippen LogP) is 2.81. The van der Waals surface area contributed by atoms with Crippen molar-refractivity contribution in [3.05, 3.63) is 77.5 Å². The lowest BCUT2D eigenvalue weighted by atomic mass is 10.1. The van der Waals surface area contributed by atoms with Crippen LogP contribution in [0.5, 0.6) is 0 Å². The second-order valence-electron chi connectivity index (χ2n) is 5.46. The van der Waals surface area contributed by atoms with E-state index < -0.39 is 0 Å². The van der Waals surface area contributed by atoms with Gasteiger partial charge in [-0.2, -0.15) is 0 Å². The van der Waals surface area contributed by atoms with E-state index in [9.17, 15) is 4.79 Å². The smallest absolute Gasteiger partial charge is 0.251 e. The van der Waals surface area contributed by atoms with E-state index in [0.29, 0.717) is 12.1 Å². The van der Waals surface area contributed by atoms with Gasteiger partial charge in [-0.1, -0.05) is 23.8 Å². The van der Waals surface area contributed by atoms with Crippen LogP contribution in [-0.2, 0) is 6.54 Å². The van der Waals surface area contributed by atoms with E-state index in [1.165, 1.54) is 0 Å². The van der Waals surface area contributed by atoms with Crippen molar-refractivity contribution in [2.75, 3.05) is 0 Å². The summed E-state index contributed by atoms with van der Waals surface area (Å²) in [6.45, 7) is 4.37. The molecule has 5 heteroatoms. The molecule has 2 aromatic heterocycles. The first-order valence-corrected chi connectivity index (χ1v) is 7.43. The molecule has 0 aliphatic heterocycles. The van der Waals surface area contributed by atoms with Gasteiger partial charge < -0.3 is 5.32 Å². The number of amides is 1. The van der Waals surface area contributed by atoms with Gasteiger partial charge in [0.05, 0.1) is 0 Å². The number of nitrogens with one attached hydrogen (secondary N) is 1. The lowest BCUT2D eigenvalue weighted by molar-refractivity contribution is 0.0950. The standard InChI is InChI=1S/C18H18N4O/c1-13-5-6-16(14(2)10-13)18(23)21-11-15-4-3-7-20-17(15)22-9-8-19-12-22/h3-10,12H,11H2,1-2H3,(H,21,23). The van der Waals surface area contributed by atoms with Crippen LogP contribution >= 0.6 is 0 Å². The van der Waals surface area contributed by atoms with Crippen LogP contribution < -0.4 is 5.32 Å². The Hall–Kier alpha value is -2.95. The van der Waals surface area contributed by atoms with E-state index in [0.717, 1.165) is 22.5 Å². The topological polar surface area (TPSA) is 59.8 Å². The van der Waals surface area contributed by atoms with Crippen molar-refractivity contribution in [1.82, 2.24) is 19.9 Å². The summed E-state index contributed by atoms with van der Waals surface area (Å²) < 4.78 is 1.83. The fourth-order valence-electron chi connectivity index (χ4n) is 2.52. The number of benzene rings is 1. The van der Waals surface area contributed by atoms with Crippen LogP contribution in [0, 0.1) is 13.8 Å². The van der Waals surface area contributed by atoms with Gasteiger partial charge in [0.1, 0.15) is 12.1 Å². The number of imidazole rings is 1. The third kappa shape index (κ3) is 3.29. The van der Waals surface area contributed by atoms with E-state index in [1.54, 1.807) is 18.7 Å². The summed E-state index contributed by atoms with van der Waals surface area (Å²) in [5.74, 6) is 0.689. The summed E-state index contributed by atoms with van der Waals surface area (Å²) in [6, 6.07) is 9.63. The van der Waals surface area contributed by atoms with Crippen molar-refractivity contribution in [1.29, 1.82) is 0 Å². The highest BCUT2D eigenvalue weighted by molar-refractivity contribution is 5.95. The van der Waals surface area contributed by atoms with Crippen molar-refractivity contribution in [2.24, 2.45) is 0 Å². The van der Waals surface area contributed by atoms with Crippen LogP contribution in [0.4, 0.5) is 0 Å². The second-order valence-corrected chi connectivity index (χ2v) is 5.46. The molecule has 0 saturated heterocycles. The molecule has 5 nitrogen and oxygen atoms in total. The summed E-state index contributed by atoms with van der Waals surface area (Å²) in [5.41, 5.74) is 3.75. The van der Waals surface area contributed by atoms with Crippen molar-refractivity contribution in [3.8, 4) is 5.82 Å². The van der Waals surface area contributed by atoms with Gasteiger partial charge in [-0.15, -0.1) is 0 Å². The number of aryl methyl sites for hydroxylation is 2. The number of rotatable bonds is 4. The largest absolute Gasteiger partial charge is 0.348 e. The summed E-state index contributed by atoms with van der Waals surface area (Å²) in [6.07, 6.45) is 6.95. The van der Waals surface area contributed by atoms with Gasteiger partial charge in [0, 0.05) is 36.3 Å². The molecule has 0 fully saturated rings. The van der Waals surface area contributed by atoms with Gasteiger partial charge in [0.25, 0.3) is 5.91 Å². The molecule has 116 valence electrons. The number of nitrogens with zero attached hydrogens (tertiary/aromatic N) is 3. The highest BCUT2D eigenvalue weighted by Gasteiger charge is 2.11. The minimum atomic E-state index is -0.0806. The molecular weight excluding hydrogens is 288 g/mol. The van der Waals surface area contributed by atoms with Crippen molar-refractivity contribution < 1.29 is 4.79 Å². The maximum atomic E-state index is 12.4. The Bertz CT molecular complexity index is 825. The molecule has 0 spiro atoms. The van der Waals surface area contributed by atoms with E-state index in [2.05, 4.69) is 15.3 Å². The molecule has 0 radical (unpaired) electrons. The molecule has 1 amide bonds. The minimum absolute atomic E-state index is 0.0806. The number of pyridine rings is 1. The maximum Gasteiger partial charge on any atom is 0.251 e. The predicted molar refractivity (Wildman–Crippen MR) is 88.4 cm³/mol. The summed E-state index contributed by atoms with van der Waals surface area (Å²) in [5, 5.41) is 2.97. The summed E-state index contributed by atoms with van der Waals surface area (Å²) >= 11 is 0. The molecule has 0 aliphatic carbocycles. The highest BCUT2D eigenvalue weighted by atomic mass is 16.1. The molecule has 23 heavy (non-hydrogen) atoms. The van der Waals surface area contributed by atoms with Crippen LogP contribution in [0.1, 0.15) is 27.0 Å². The van der Waals surface area contributed by atoms with Crippen LogP contribution in [0.3, 0.4) is 0 Å². The van der Waals surface area contributed by atoms with Crippen LogP contribution in [-0.4, -0.2) is 20.4 Å². The average molecular weight is 306 g/mol. The Morgan fingerprint density at radius 1 is 1.22 bits per heavy atom. The second kappa shape index (κ2) is 6.44. The Labute approximate surface area is 135 Å². The maximum absolute atomic E-state index is 12.4. The number of hydrogen-bond donors (Lipinski definition) is 1. The van der Waals surface area contributed by atoms with Crippen LogP contribution in [0.2, 0.25) is 0 Å². The fraction of sp³-hybridized carbons (Fsp3) is 0.167. The molecule has 0 bridgehead atoms. The molecule has 0 unspecified atom stereocenters. The van der Waals surface area contributed by atoms with E-state index in [-0.39, 0.29) is 5.91 Å². The lowest BCUT2D eigenvalue weighted by Crippen LogP contribution is -2.24. The quantitative estimate of drug-likeness (QED) is 0.806. The van der Waals surface area contributed by atoms with Gasteiger partial charge in [0.15, 0.2) is 0 Å². The minimum Gasteiger partial charge on any atom is -0.348 e. The average Bonchev–Trinajstić information content (AvgIpc) is 3.07. The first kappa shape index (κ1) is 15.0. The van der Waals surface area contributed by atoms with Crippen molar-refractivity contribution in [2.45, 2.75) is 20.4 Å². The molecule has 0 saturated carbocycles. The molecule has 2 heterocycles. The number of carbonyl (C=O) groups excluding carboxylic acids is 1. The molecule has 3 aromatic rings. The first-order valence-electron chi connectivity index (χ1n) is 7.43. The highest BCUT2D eigenvalue weighted by Crippen LogP contribution is 2.13. The Kier molecular flexibility index (Phi) is 4.19. The normalized spacial score (nSPS) is 10.5. The van der Waals surface area contributed by atoms with E-state index >= 15 is 0 Å². The number of carbonyl (C=O) groups is 1. The SMILES string of the molecule is Cc1ccc(C(=O)NCc2cccnc2-n2ccnc2)c(C)c1. The zero-order valence-corrected chi connectivity index (χ0v) is 13.2. The molecule has 1 N–H and O–H groups in total. The summed E-state index contributed by atoms with van der Waals surface area (Å²) in [4.78, 5) is 20.8. The Balaban J connectivity index is 1.77. The van der Waals surface area contributed by atoms with Crippen molar-refractivity contribution >= 4 is 5.91 Å². The zero-order valence-electron chi connectivity index (χ0n) is 13.2. The first-order chi connectivity index (χ1) is 11.1. The Morgan fingerprint density at radius 3 is 2.83 bits per heavy atom. The van der Waals surface area contributed by atoms with E-state index in [4.69, 9.17) is 0 Å². The molecule has 3 rings (SSSR count). The third-order valence-corrected chi connectivity index (χ3v) is 3.68.